The monoisotopic (exact) mass is 357 g/mol. The number of esters is 1. The number of likely N-dealkylation sites (N-methyl/N-ethyl adjacent to an activating group) is 1. The van der Waals surface area contributed by atoms with E-state index in [2.05, 4.69) is 6.92 Å². The maximum Gasteiger partial charge on any atom is 0.314 e. The van der Waals surface area contributed by atoms with Crippen LogP contribution in [0.3, 0.4) is 0 Å². The minimum Gasteiger partial charge on any atom is -0.426 e. The van der Waals surface area contributed by atoms with Gasteiger partial charge in [0.1, 0.15) is 5.75 Å². The van der Waals surface area contributed by atoms with Gasteiger partial charge in [0, 0.05) is 13.6 Å². The number of hydrogen-bond donors (Lipinski definition) is 0. The van der Waals surface area contributed by atoms with Gasteiger partial charge in [-0.1, -0.05) is 44.7 Å². The molecule has 1 aliphatic heterocycles. The highest BCUT2D eigenvalue weighted by molar-refractivity contribution is 5.88. The highest BCUT2D eigenvalue weighted by Gasteiger charge is 2.41. The Hall–Kier alpha value is -1.84. The zero-order valence-corrected chi connectivity index (χ0v) is 16.1. The summed E-state index contributed by atoms with van der Waals surface area (Å²) in [6.45, 7) is 2.90. The Morgan fingerprint density at radius 2 is 1.96 bits per heavy atom. The van der Waals surface area contributed by atoms with Crippen molar-refractivity contribution in [1.29, 1.82) is 0 Å². The third kappa shape index (κ3) is 3.79. The van der Waals surface area contributed by atoms with Crippen LogP contribution in [0.2, 0.25) is 0 Å². The molecule has 1 saturated carbocycles. The second kappa shape index (κ2) is 8.24. The van der Waals surface area contributed by atoms with Crippen LogP contribution in [-0.4, -0.2) is 30.4 Å². The summed E-state index contributed by atoms with van der Waals surface area (Å²) >= 11 is 0. The van der Waals surface area contributed by atoms with E-state index in [1.54, 1.807) is 0 Å². The second-order valence-corrected chi connectivity index (χ2v) is 7.90. The van der Waals surface area contributed by atoms with Gasteiger partial charge in [0.05, 0.1) is 11.3 Å². The molecule has 2 aliphatic rings. The van der Waals surface area contributed by atoms with E-state index in [-0.39, 0.29) is 17.8 Å². The summed E-state index contributed by atoms with van der Waals surface area (Å²) in [7, 11) is 1.89. The van der Waals surface area contributed by atoms with Crippen LogP contribution < -0.4 is 4.74 Å². The average molecular weight is 357 g/mol. The molecular weight excluding hydrogens is 326 g/mol. The molecular formula is C22H31NO3. The van der Waals surface area contributed by atoms with E-state index < -0.39 is 5.41 Å². The van der Waals surface area contributed by atoms with Crippen LogP contribution in [0.25, 0.3) is 0 Å². The lowest BCUT2D eigenvalue weighted by Gasteiger charge is -2.33. The van der Waals surface area contributed by atoms with Crippen molar-refractivity contribution in [3.05, 3.63) is 29.8 Å². The third-order valence-corrected chi connectivity index (χ3v) is 6.25. The summed E-state index contributed by atoms with van der Waals surface area (Å²) in [6.07, 6.45) is 8.99. The first-order valence-electron chi connectivity index (χ1n) is 10.1. The number of ether oxygens (including phenoxy) is 1. The normalized spacial score (nSPS) is 25.0. The number of nitrogens with zero attached hydrogens (tertiary/aromatic N) is 1. The first kappa shape index (κ1) is 18.9. The molecule has 0 unspecified atom stereocenters. The fourth-order valence-electron chi connectivity index (χ4n) is 4.54. The molecule has 4 nitrogen and oxygen atoms in total. The van der Waals surface area contributed by atoms with Crippen molar-refractivity contribution < 1.29 is 14.3 Å². The second-order valence-electron chi connectivity index (χ2n) is 7.90. The van der Waals surface area contributed by atoms with Crippen LogP contribution in [0.1, 0.15) is 70.3 Å². The van der Waals surface area contributed by atoms with Crippen molar-refractivity contribution in [2.24, 2.45) is 5.92 Å². The van der Waals surface area contributed by atoms with E-state index in [9.17, 15) is 9.59 Å². The van der Waals surface area contributed by atoms with E-state index in [1.807, 2.05) is 36.2 Å². The van der Waals surface area contributed by atoms with Gasteiger partial charge in [-0.05, 0) is 49.8 Å². The average Bonchev–Trinajstić information content (AvgIpc) is 2.82. The van der Waals surface area contributed by atoms with Crippen molar-refractivity contribution in [3.8, 4) is 5.75 Å². The molecule has 0 radical (unpaired) electrons. The molecule has 1 atom stereocenters. The summed E-state index contributed by atoms with van der Waals surface area (Å²) in [6, 6.07) is 7.67. The molecule has 1 heterocycles. The van der Waals surface area contributed by atoms with Crippen molar-refractivity contribution in [2.45, 2.75) is 70.1 Å². The molecule has 4 heteroatoms. The smallest absolute Gasteiger partial charge is 0.314 e. The molecule has 2 fully saturated rings. The van der Waals surface area contributed by atoms with Crippen molar-refractivity contribution in [3.63, 3.8) is 0 Å². The zero-order valence-electron chi connectivity index (χ0n) is 16.1. The maximum atomic E-state index is 13.1. The lowest BCUT2D eigenvalue weighted by molar-refractivity contribution is -0.140. The number of carbonyl (C=O) groups excluding carboxylic acids is 2. The molecule has 142 valence electrons. The van der Waals surface area contributed by atoms with Gasteiger partial charge in [0.15, 0.2) is 0 Å². The highest BCUT2D eigenvalue weighted by Crippen LogP contribution is 2.38. The first-order chi connectivity index (χ1) is 12.6. The summed E-state index contributed by atoms with van der Waals surface area (Å²) in [5.74, 6) is 0.675. The van der Waals surface area contributed by atoms with E-state index in [1.165, 1.54) is 6.42 Å². The summed E-state index contributed by atoms with van der Waals surface area (Å²) in [5.41, 5.74) is 0.478. The van der Waals surface area contributed by atoms with Crippen LogP contribution in [-0.2, 0) is 15.0 Å². The molecule has 26 heavy (non-hydrogen) atoms. The van der Waals surface area contributed by atoms with E-state index in [4.69, 9.17) is 4.74 Å². The molecule has 1 amide bonds. The number of carbonyl (C=O) groups is 2. The van der Waals surface area contributed by atoms with Crippen LogP contribution in [0.5, 0.6) is 5.75 Å². The van der Waals surface area contributed by atoms with Crippen LogP contribution in [0.15, 0.2) is 24.3 Å². The largest absolute Gasteiger partial charge is 0.426 e. The fourth-order valence-corrected chi connectivity index (χ4v) is 4.54. The molecule has 0 aromatic heterocycles. The standard InChI is InChI=1S/C22H31NO3/c1-3-22(14-7-8-15-23(2)21(22)25)18-12-9-13-19(16-18)26-20(24)17-10-5-4-6-11-17/h9,12-13,16-17H,3-8,10-11,14-15H2,1-2H3/t22-/m0/s1. The lowest BCUT2D eigenvalue weighted by Crippen LogP contribution is -2.43. The molecule has 3 rings (SSSR count). The number of rotatable bonds is 4. The van der Waals surface area contributed by atoms with Crippen LogP contribution in [0, 0.1) is 5.92 Å². The maximum absolute atomic E-state index is 13.1. The highest BCUT2D eigenvalue weighted by atomic mass is 16.5. The Kier molecular flexibility index (Phi) is 6.00. The Labute approximate surface area is 156 Å². The predicted octanol–water partition coefficient (Wildman–Crippen LogP) is 4.46. The van der Waals surface area contributed by atoms with Gasteiger partial charge in [-0.25, -0.2) is 0 Å². The fraction of sp³-hybridized carbons (Fsp3) is 0.636. The van der Waals surface area contributed by atoms with Gasteiger partial charge in [0.25, 0.3) is 0 Å². The van der Waals surface area contributed by atoms with E-state index >= 15 is 0 Å². The number of benzene rings is 1. The minimum atomic E-state index is -0.501. The van der Waals surface area contributed by atoms with Crippen molar-refractivity contribution in [2.75, 3.05) is 13.6 Å². The van der Waals surface area contributed by atoms with E-state index in [0.29, 0.717) is 5.75 Å². The molecule has 0 N–H and O–H groups in total. The molecule has 1 saturated heterocycles. The van der Waals surface area contributed by atoms with Crippen LogP contribution >= 0.6 is 0 Å². The molecule has 0 bridgehead atoms. The topological polar surface area (TPSA) is 46.6 Å². The summed E-state index contributed by atoms with van der Waals surface area (Å²) in [4.78, 5) is 27.4. The summed E-state index contributed by atoms with van der Waals surface area (Å²) < 4.78 is 5.70. The Morgan fingerprint density at radius 3 is 2.69 bits per heavy atom. The number of hydrogen-bond acceptors (Lipinski definition) is 3. The van der Waals surface area contributed by atoms with Crippen molar-refractivity contribution >= 4 is 11.9 Å². The van der Waals surface area contributed by atoms with Gasteiger partial charge >= 0.3 is 5.97 Å². The van der Waals surface area contributed by atoms with Gasteiger partial charge in [-0.3, -0.25) is 9.59 Å². The molecule has 0 spiro atoms. The predicted molar refractivity (Wildman–Crippen MR) is 102 cm³/mol. The van der Waals surface area contributed by atoms with Gasteiger partial charge < -0.3 is 9.64 Å². The van der Waals surface area contributed by atoms with Gasteiger partial charge in [0.2, 0.25) is 5.91 Å². The molecule has 1 aromatic rings. The van der Waals surface area contributed by atoms with Gasteiger partial charge in [-0.15, -0.1) is 0 Å². The number of likely N-dealkylation sites (tertiary alicyclic amines) is 1. The zero-order chi connectivity index (χ0) is 18.6. The lowest BCUT2D eigenvalue weighted by atomic mass is 9.73. The Bertz CT molecular complexity index is 651. The number of amides is 1. The Morgan fingerprint density at radius 1 is 1.19 bits per heavy atom. The SMILES string of the molecule is CC[C@@]1(c2cccc(OC(=O)C3CCCCC3)c2)CCCCN(C)C1=O. The van der Waals surface area contributed by atoms with Gasteiger partial charge in [-0.2, -0.15) is 0 Å². The third-order valence-electron chi connectivity index (χ3n) is 6.25. The quantitative estimate of drug-likeness (QED) is 0.590. The first-order valence-corrected chi connectivity index (χ1v) is 10.1. The van der Waals surface area contributed by atoms with Crippen molar-refractivity contribution in [1.82, 2.24) is 4.90 Å². The summed E-state index contributed by atoms with van der Waals surface area (Å²) in [5, 5.41) is 0. The van der Waals surface area contributed by atoms with E-state index in [0.717, 1.165) is 63.5 Å². The van der Waals surface area contributed by atoms with Crippen LogP contribution in [0.4, 0.5) is 0 Å². The minimum absolute atomic E-state index is 0.0261. The Balaban J connectivity index is 1.82. The molecule has 1 aromatic carbocycles. The molecule has 1 aliphatic carbocycles.